The molecular weight excluding hydrogens is 336 g/mol. The van der Waals surface area contributed by atoms with Crippen molar-refractivity contribution in [2.24, 2.45) is 0 Å². The van der Waals surface area contributed by atoms with Crippen LogP contribution >= 0.6 is 0 Å². The van der Waals surface area contributed by atoms with Gasteiger partial charge in [0.25, 0.3) is 0 Å². The summed E-state index contributed by atoms with van der Waals surface area (Å²) in [5.74, 6) is 0.415. The van der Waals surface area contributed by atoms with Crippen molar-refractivity contribution in [1.29, 1.82) is 0 Å². The highest BCUT2D eigenvalue weighted by Gasteiger charge is 2.09. The summed E-state index contributed by atoms with van der Waals surface area (Å²) in [6.45, 7) is 1.98. The molecule has 1 N–H and O–H groups in total. The van der Waals surface area contributed by atoms with Crippen LogP contribution in [0.3, 0.4) is 0 Å². The number of rotatable bonds is 4. The van der Waals surface area contributed by atoms with E-state index in [0.717, 1.165) is 10.9 Å². The van der Waals surface area contributed by atoms with Crippen LogP contribution in [0.25, 0.3) is 10.9 Å². The molecule has 4 aromatic rings. The van der Waals surface area contributed by atoms with E-state index in [4.69, 9.17) is 0 Å². The zero-order valence-corrected chi connectivity index (χ0v) is 13.9. The first-order valence-corrected chi connectivity index (χ1v) is 8.04. The predicted octanol–water partition coefficient (Wildman–Crippen LogP) is 4.20. The van der Waals surface area contributed by atoms with Crippen molar-refractivity contribution in [1.82, 2.24) is 19.7 Å². The van der Waals surface area contributed by atoms with Gasteiger partial charge in [-0.15, -0.1) is 0 Å². The molecule has 0 aliphatic heterocycles. The minimum atomic E-state index is -0.359. The molecule has 0 unspecified atom stereocenters. The fourth-order valence-corrected chi connectivity index (χ4v) is 2.69. The van der Waals surface area contributed by atoms with Gasteiger partial charge in [-0.1, -0.05) is 18.2 Å². The van der Waals surface area contributed by atoms with Crippen molar-refractivity contribution in [3.63, 3.8) is 0 Å². The zero-order valence-electron chi connectivity index (χ0n) is 13.9. The Morgan fingerprint density at radius 2 is 1.73 bits per heavy atom. The standard InChI is InChI=1S/C19H15F2N5/c1-12-6-18(23-10-16(12)21)25-19-7-17-14(8-22-19)9-24-26(17)11-13-4-2-3-5-15(13)20/h2-10H,11H2,1H3,(H,22,23,25). The molecule has 0 radical (unpaired) electrons. The average Bonchev–Trinajstić information content (AvgIpc) is 3.02. The largest absolute Gasteiger partial charge is 0.325 e. The Morgan fingerprint density at radius 1 is 0.962 bits per heavy atom. The van der Waals surface area contributed by atoms with Crippen LogP contribution in [0.1, 0.15) is 11.1 Å². The Kier molecular flexibility index (Phi) is 4.04. The van der Waals surface area contributed by atoms with E-state index in [1.54, 1.807) is 48.3 Å². The number of halogens is 2. The average molecular weight is 351 g/mol. The van der Waals surface area contributed by atoms with Crippen molar-refractivity contribution in [2.45, 2.75) is 13.5 Å². The van der Waals surface area contributed by atoms with Gasteiger partial charge in [0.05, 0.1) is 24.5 Å². The highest BCUT2D eigenvalue weighted by atomic mass is 19.1. The van der Waals surface area contributed by atoms with Crippen LogP contribution in [0.5, 0.6) is 0 Å². The number of benzene rings is 1. The lowest BCUT2D eigenvalue weighted by Crippen LogP contribution is -2.04. The molecule has 1 aromatic carbocycles. The second-order valence-electron chi connectivity index (χ2n) is 5.97. The molecule has 4 rings (SSSR count). The molecule has 5 nitrogen and oxygen atoms in total. The van der Waals surface area contributed by atoms with Crippen molar-refractivity contribution in [2.75, 3.05) is 5.32 Å². The molecule has 0 amide bonds. The number of hydrogen-bond acceptors (Lipinski definition) is 4. The molecule has 26 heavy (non-hydrogen) atoms. The molecule has 0 aliphatic carbocycles. The minimum Gasteiger partial charge on any atom is -0.325 e. The van der Waals surface area contributed by atoms with E-state index in [0.29, 0.717) is 29.3 Å². The topological polar surface area (TPSA) is 55.6 Å². The second-order valence-corrected chi connectivity index (χ2v) is 5.97. The highest BCUT2D eigenvalue weighted by molar-refractivity contribution is 5.81. The summed E-state index contributed by atoms with van der Waals surface area (Å²) >= 11 is 0. The predicted molar refractivity (Wildman–Crippen MR) is 95.2 cm³/mol. The van der Waals surface area contributed by atoms with Gasteiger partial charge in [0.1, 0.15) is 23.3 Å². The van der Waals surface area contributed by atoms with Gasteiger partial charge in [-0.05, 0) is 24.6 Å². The molecule has 3 heterocycles. The third kappa shape index (κ3) is 3.11. The van der Waals surface area contributed by atoms with Crippen LogP contribution in [-0.4, -0.2) is 19.7 Å². The van der Waals surface area contributed by atoms with Crippen LogP contribution in [0.4, 0.5) is 20.4 Å². The van der Waals surface area contributed by atoms with Gasteiger partial charge in [0.2, 0.25) is 0 Å². The van der Waals surface area contributed by atoms with E-state index in [1.165, 1.54) is 12.3 Å². The summed E-state index contributed by atoms with van der Waals surface area (Å²) in [6, 6.07) is 10.0. The molecule has 0 spiro atoms. The quantitative estimate of drug-likeness (QED) is 0.599. The Hall–Kier alpha value is -3.35. The molecule has 130 valence electrons. The summed E-state index contributed by atoms with van der Waals surface area (Å²) in [6.07, 6.45) is 4.53. The van der Waals surface area contributed by atoms with E-state index >= 15 is 0 Å². The first-order chi connectivity index (χ1) is 12.6. The Bertz CT molecular complexity index is 1090. The van der Waals surface area contributed by atoms with Crippen molar-refractivity contribution in [3.05, 3.63) is 77.8 Å². The lowest BCUT2D eigenvalue weighted by Gasteiger charge is -2.08. The number of hydrogen-bond donors (Lipinski definition) is 1. The third-order valence-electron chi connectivity index (χ3n) is 4.11. The molecule has 0 aliphatic rings. The van der Waals surface area contributed by atoms with E-state index in [9.17, 15) is 8.78 Å². The fourth-order valence-electron chi connectivity index (χ4n) is 2.69. The smallest absolute Gasteiger partial charge is 0.144 e. The van der Waals surface area contributed by atoms with E-state index in [-0.39, 0.29) is 11.6 Å². The van der Waals surface area contributed by atoms with Gasteiger partial charge in [0, 0.05) is 23.2 Å². The van der Waals surface area contributed by atoms with Crippen LogP contribution in [-0.2, 0) is 6.54 Å². The van der Waals surface area contributed by atoms with E-state index in [2.05, 4.69) is 20.4 Å². The molecule has 7 heteroatoms. The number of aryl methyl sites for hydroxylation is 1. The molecule has 0 saturated heterocycles. The van der Waals surface area contributed by atoms with Gasteiger partial charge in [-0.3, -0.25) is 4.68 Å². The third-order valence-corrected chi connectivity index (χ3v) is 4.11. The maximum absolute atomic E-state index is 13.9. The summed E-state index contributed by atoms with van der Waals surface area (Å²) in [4.78, 5) is 8.33. The molecule has 0 saturated carbocycles. The maximum atomic E-state index is 13.9. The van der Waals surface area contributed by atoms with Gasteiger partial charge in [-0.25, -0.2) is 18.7 Å². The Morgan fingerprint density at radius 3 is 2.54 bits per heavy atom. The lowest BCUT2D eigenvalue weighted by molar-refractivity contribution is 0.590. The number of anilines is 2. The summed E-state index contributed by atoms with van der Waals surface area (Å²) < 4.78 is 29.0. The number of fused-ring (bicyclic) bond motifs is 1. The van der Waals surface area contributed by atoms with Crippen molar-refractivity contribution >= 4 is 22.5 Å². The molecule has 0 bridgehead atoms. The molecule has 3 aromatic heterocycles. The van der Waals surface area contributed by atoms with E-state index < -0.39 is 0 Å². The van der Waals surface area contributed by atoms with Gasteiger partial charge in [0.15, 0.2) is 0 Å². The summed E-state index contributed by atoms with van der Waals surface area (Å²) in [7, 11) is 0. The van der Waals surface area contributed by atoms with Gasteiger partial charge >= 0.3 is 0 Å². The van der Waals surface area contributed by atoms with Crippen LogP contribution in [0, 0.1) is 18.6 Å². The number of aromatic nitrogens is 4. The first kappa shape index (κ1) is 16.1. The Labute approximate surface area is 148 Å². The zero-order chi connectivity index (χ0) is 18.1. The minimum absolute atomic E-state index is 0.269. The molecule has 0 fully saturated rings. The Balaban J connectivity index is 1.66. The van der Waals surface area contributed by atoms with Gasteiger partial charge in [-0.2, -0.15) is 5.10 Å². The lowest BCUT2D eigenvalue weighted by atomic mass is 10.2. The molecular formula is C19H15F2N5. The highest BCUT2D eigenvalue weighted by Crippen LogP contribution is 2.21. The van der Waals surface area contributed by atoms with Crippen LogP contribution in [0.15, 0.2) is 55.0 Å². The van der Waals surface area contributed by atoms with Crippen LogP contribution < -0.4 is 5.32 Å². The first-order valence-electron chi connectivity index (χ1n) is 8.04. The van der Waals surface area contributed by atoms with Gasteiger partial charge < -0.3 is 5.32 Å². The molecule has 0 atom stereocenters. The summed E-state index contributed by atoms with van der Waals surface area (Å²) in [5.41, 5.74) is 1.86. The second kappa shape index (κ2) is 6.51. The van der Waals surface area contributed by atoms with E-state index in [1.807, 2.05) is 6.07 Å². The van der Waals surface area contributed by atoms with Crippen LogP contribution in [0.2, 0.25) is 0 Å². The SMILES string of the molecule is Cc1cc(Nc2cc3c(cn2)cnn3Cc2ccccc2F)ncc1F. The monoisotopic (exact) mass is 351 g/mol. The summed E-state index contributed by atoms with van der Waals surface area (Å²) in [5, 5.41) is 8.22. The van der Waals surface area contributed by atoms with Crippen molar-refractivity contribution in [3.8, 4) is 0 Å². The number of pyridine rings is 2. The number of nitrogens with zero attached hydrogens (tertiary/aromatic N) is 4. The fraction of sp³-hybridized carbons (Fsp3) is 0.105. The maximum Gasteiger partial charge on any atom is 0.144 e. The normalized spacial score (nSPS) is 11.0. The number of nitrogens with one attached hydrogen (secondary N) is 1. The van der Waals surface area contributed by atoms with Crippen molar-refractivity contribution < 1.29 is 8.78 Å².